The molecule has 8 aromatic carbocycles. The molecule has 4 saturated heterocycles. The first-order chi connectivity index (χ1) is 61.1. The van der Waals surface area contributed by atoms with E-state index in [0.717, 1.165) is 238 Å². The van der Waals surface area contributed by atoms with E-state index >= 15 is 0 Å². The first-order valence-electron chi connectivity index (χ1n) is 45.1. The topological polar surface area (TPSA) is 225 Å². The Bertz CT molecular complexity index is 5380. The van der Waals surface area contributed by atoms with Gasteiger partial charge < -0.3 is 36.6 Å². The van der Waals surface area contributed by atoms with Crippen LogP contribution in [0.25, 0.3) is 45.0 Å². The molecular weight excluding hydrogens is 1590 g/mol. The second-order valence-corrected chi connectivity index (χ2v) is 34.8. The monoisotopic (exact) mass is 1720 g/mol. The van der Waals surface area contributed by atoms with E-state index in [0.29, 0.717) is 59.1 Å². The minimum atomic E-state index is -0.538. The first kappa shape index (κ1) is 93.0. The predicted molar refractivity (Wildman–Crippen MR) is 504 cm³/mol. The van der Waals surface area contributed by atoms with Crippen LogP contribution in [0.4, 0.5) is 8.78 Å². The molecular formula is C104H125ClF2N16O3. The number of halogens is 3. The van der Waals surface area contributed by atoms with Gasteiger partial charge in [-0.05, 0) is 258 Å². The zero-order chi connectivity index (χ0) is 88.3. The average molecular weight is 1720 g/mol. The van der Waals surface area contributed by atoms with Gasteiger partial charge in [-0.2, -0.15) is 0 Å². The Morgan fingerprint density at radius 1 is 0.365 bits per heavy atom. The molecule has 126 heavy (non-hydrogen) atoms. The largest absolute Gasteiger partial charge is 0.508 e. The van der Waals surface area contributed by atoms with Gasteiger partial charge in [0.15, 0.2) is 0 Å². The van der Waals surface area contributed by atoms with E-state index in [2.05, 4.69) is 188 Å². The number of aromatic hydroxyl groups is 3. The predicted octanol–water partition coefficient (Wildman–Crippen LogP) is 17.7. The van der Waals surface area contributed by atoms with Crippen LogP contribution in [0.15, 0.2) is 207 Å². The van der Waals surface area contributed by atoms with Crippen molar-refractivity contribution in [3.63, 3.8) is 0 Å². The third-order valence-corrected chi connectivity index (χ3v) is 24.9. The zero-order valence-electron chi connectivity index (χ0n) is 74.6. The molecule has 22 heteroatoms. The molecule has 4 atom stereocenters. The molecule has 0 spiro atoms. The summed E-state index contributed by atoms with van der Waals surface area (Å²) in [6.07, 6.45) is 17.6. The lowest BCUT2D eigenvalue weighted by Crippen LogP contribution is -2.49. The molecule has 4 fully saturated rings. The summed E-state index contributed by atoms with van der Waals surface area (Å²) in [7, 11) is 0. The number of benzene rings is 8. The normalized spacial score (nSPS) is 17.0. The highest BCUT2D eigenvalue weighted by molar-refractivity contribution is 6.32. The van der Waals surface area contributed by atoms with Crippen LogP contribution in [-0.2, 0) is 77.5 Å². The fourth-order valence-corrected chi connectivity index (χ4v) is 17.1. The Morgan fingerprint density at radius 3 is 1.21 bits per heavy atom. The molecule has 0 amide bonds. The number of hydrogen-bond acceptors (Lipinski definition) is 19. The third-order valence-electron chi connectivity index (χ3n) is 24.6. The maximum absolute atomic E-state index is 13.4. The van der Waals surface area contributed by atoms with E-state index in [9.17, 15) is 24.1 Å². The van der Waals surface area contributed by atoms with Crippen LogP contribution < -0.4 is 21.3 Å². The van der Waals surface area contributed by atoms with E-state index in [1.165, 1.54) is 78.9 Å². The van der Waals surface area contributed by atoms with Gasteiger partial charge in [-0.25, -0.2) is 48.7 Å². The Kier molecular flexibility index (Phi) is 34.4. The van der Waals surface area contributed by atoms with Crippen molar-refractivity contribution in [2.24, 2.45) is 0 Å². The van der Waals surface area contributed by atoms with Crippen molar-refractivity contribution in [1.29, 1.82) is 0 Å². The molecule has 19 nitrogen and oxygen atoms in total. The molecule has 8 heterocycles. The summed E-state index contributed by atoms with van der Waals surface area (Å²) in [6, 6.07) is 60.7. The van der Waals surface area contributed by atoms with Crippen LogP contribution in [0.3, 0.4) is 0 Å². The van der Waals surface area contributed by atoms with Crippen molar-refractivity contribution < 1.29 is 24.1 Å². The first-order valence-corrected chi connectivity index (χ1v) is 45.5. The van der Waals surface area contributed by atoms with E-state index in [1.807, 2.05) is 86.3 Å². The van der Waals surface area contributed by atoms with Crippen LogP contribution in [0.1, 0.15) is 143 Å². The molecule has 0 saturated carbocycles. The van der Waals surface area contributed by atoms with Crippen molar-refractivity contribution in [2.45, 2.75) is 183 Å². The summed E-state index contributed by atoms with van der Waals surface area (Å²) < 4.78 is 26.8. The molecule has 12 aromatic rings. The second kappa shape index (κ2) is 46.7. The number of piperazine rings is 4. The van der Waals surface area contributed by atoms with Gasteiger partial charge in [-0.15, -0.1) is 0 Å². The van der Waals surface area contributed by atoms with Gasteiger partial charge >= 0.3 is 0 Å². The SMILES string of the molecule is Cc1c(CN2CCNC[C@@H]2C)cccc1-c1ccnc(CCCc2ccc(O)cc2)n1.Cc1ccc(CN2CCNC[C@@H]2C)cc1-c1ccnc(CCCc2ccc(O)c(Cl)c2)n1.Cc1ccc(CN2CCNC[C@@H]2C)cc1-c1ccnc(CCCc2ccc(O)cc2)n1.Cc1cnc(CCCc2cc(F)cc(F)c2)nc1-c1cccc(CN2CCNC[C@@H]2C)c1. The lowest BCUT2D eigenvalue weighted by molar-refractivity contribution is 0.165. The highest BCUT2D eigenvalue weighted by Crippen LogP contribution is 2.32. The van der Waals surface area contributed by atoms with Crippen molar-refractivity contribution in [1.82, 2.24) is 80.7 Å². The van der Waals surface area contributed by atoms with Gasteiger partial charge in [0.2, 0.25) is 0 Å². The maximum atomic E-state index is 13.4. The van der Waals surface area contributed by atoms with Gasteiger partial charge in [0.1, 0.15) is 52.2 Å². The van der Waals surface area contributed by atoms with Crippen LogP contribution >= 0.6 is 11.6 Å². The summed E-state index contributed by atoms with van der Waals surface area (Å²) >= 11 is 6.01. The Labute approximate surface area is 749 Å². The standard InChI is InChI=1S/C26H31ClN4O.C26H30F2N4.2C26H32N4O/c1-18-6-7-21(17-31-13-12-28-16-19(31)2)14-22(18)24-10-11-29-26(30-24)5-3-4-20-8-9-25(32)23(27)15-20;1-18-15-30-25(8-4-5-20-12-23(27)14-24(28)13-20)31-26(18)22-7-3-6-21(11-22)17-32-10-9-29-16-19(32)2;1-19-17-27-15-16-30(19)18-22-6-4-7-24(20(22)2)25-13-14-28-26(29-25)8-3-5-21-9-11-23(31)12-10-21;1-19-6-7-22(18-30-15-14-27-17-20(30)2)16-24(19)25-12-13-28-26(29-25)5-3-4-21-8-10-23(31)11-9-21/h6-11,14-15,19,28,32H,3-5,12-13,16-17H2,1-2H3;3,6-7,11-15,19,29H,4-5,8-10,16-17H2,1-2H3;4,6-7,9-14,19,27,31H,3,5,8,15-18H2,1-2H3;6-13,16,20,27,31H,3-5,14-15,17-18H2,1-2H3/t3*19-;20-/m0000/s1. The van der Waals surface area contributed by atoms with E-state index in [-0.39, 0.29) is 5.75 Å². The smallest absolute Gasteiger partial charge is 0.134 e. The summed E-state index contributed by atoms with van der Waals surface area (Å²) in [4.78, 5) is 47.6. The molecule has 0 bridgehead atoms. The summed E-state index contributed by atoms with van der Waals surface area (Å²) in [5, 5.41) is 42.6. The number of phenolic OH excluding ortho intramolecular Hbond substituents is 3. The number of aromatic nitrogens is 8. The molecule has 0 radical (unpaired) electrons. The van der Waals surface area contributed by atoms with Crippen LogP contribution in [0.5, 0.6) is 17.2 Å². The van der Waals surface area contributed by atoms with Gasteiger partial charge in [-0.3, -0.25) is 19.6 Å². The Hall–Kier alpha value is -10.7. The van der Waals surface area contributed by atoms with E-state index in [1.54, 1.807) is 30.3 Å². The fourth-order valence-electron chi connectivity index (χ4n) is 16.9. The van der Waals surface area contributed by atoms with Crippen LogP contribution in [-0.4, -0.2) is 177 Å². The van der Waals surface area contributed by atoms with Crippen molar-refractivity contribution in [3.8, 4) is 62.3 Å². The fraction of sp³-hybridized carbons (Fsp3) is 0.385. The highest BCUT2D eigenvalue weighted by Gasteiger charge is 2.24. The molecule has 4 aromatic heterocycles. The van der Waals surface area contributed by atoms with Gasteiger partial charge in [-0.1, -0.05) is 103 Å². The molecule has 0 unspecified atom stereocenters. The number of nitrogens with zero attached hydrogens (tertiary/aromatic N) is 12. The minimum absolute atomic E-state index is 0.121. The van der Waals surface area contributed by atoms with Crippen molar-refractivity contribution in [3.05, 3.63) is 313 Å². The van der Waals surface area contributed by atoms with Gasteiger partial charge in [0.25, 0.3) is 0 Å². The van der Waals surface area contributed by atoms with E-state index < -0.39 is 11.6 Å². The summed E-state index contributed by atoms with van der Waals surface area (Å²) in [6.45, 7) is 34.2. The summed E-state index contributed by atoms with van der Waals surface area (Å²) in [5.41, 5.74) is 22.9. The number of hydrogen-bond donors (Lipinski definition) is 7. The number of rotatable bonds is 28. The molecule has 0 aliphatic carbocycles. The van der Waals surface area contributed by atoms with Crippen LogP contribution in [0.2, 0.25) is 5.02 Å². The molecule has 4 aliphatic rings. The van der Waals surface area contributed by atoms with Crippen molar-refractivity contribution in [2.75, 3.05) is 78.5 Å². The van der Waals surface area contributed by atoms with Crippen molar-refractivity contribution >= 4 is 11.6 Å². The van der Waals surface area contributed by atoms with Crippen LogP contribution in [0, 0.1) is 39.3 Å². The average Bonchev–Trinajstić information content (AvgIpc) is 1.49. The lowest BCUT2D eigenvalue weighted by atomic mass is 9.98. The zero-order valence-corrected chi connectivity index (χ0v) is 75.3. The second-order valence-electron chi connectivity index (χ2n) is 34.4. The maximum Gasteiger partial charge on any atom is 0.134 e. The molecule has 16 rings (SSSR count). The number of aryl methyl sites for hydroxylation is 11. The number of nitrogens with one attached hydrogen (secondary N) is 4. The minimum Gasteiger partial charge on any atom is -0.508 e. The summed E-state index contributed by atoms with van der Waals surface area (Å²) in [5.74, 6) is 3.04. The highest BCUT2D eigenvalue weighted by atomic mass is 35.5. The molecule has 7 N–H and O–H groups in total. The Morgan fingerprint density at radius 2 is 0.762 bits per heavy atom. The number of phenols is 3. The van der Waals surface area contributed by atoms with Gasteiger partial charge in [0, 0.05) is 208 Å². The Balaban J connectivity index is 0.000000144. The lowest BCUT2D eigenvalue weighted by Gasteiger charge is -2.34. The third kappa shape index (κ3) is 27.7. The quantitative estimate of drug-likeness (QED) is 0.0242. The van der Waals surface area contributed by atoms with E-state index in [4.69, 9.17) is 31.5 Å². The van der Waals surface area contributed by atoms with Gasteiger partial charge in [0.05, 0.1) is 27.8 Å². The molecule has 660 valence electrons. The molecule has 4 aliphatic heterocycles.